The molecule has 1 aromatic rings. The summed E-state index contributed by atoms with van der Waals surface area (Å²) in [6, 6.07) is 3.09. The van der Waals surface area contributed by atoms with Crippen LogP contribution in [0.1, 0.15) is 13.3 Å². The summed E-state index contributed by atoms with van der Waals surface area (Å²) in [4.78, 5) is 13.5. The molecule has 0 aromatic carbocycles. The SMILES string of the molecule is CC(O)CN(C)CCCn1cc(N)ccc1=O. The Labute approximate surface area is 101 Å². The van der Waals surface area contributed by atoms with E-state index in [9.17, 15) is 9.90 Å². The number of hydrogen-bond donors (Lipinski definition) is 2. The molecule has 5 nitrogen and oxygen atoms in total. The van der Waals surface area contributed by atoms with E-state index in [1.54, 1.807) is 23.8 Å². The van der Waals surface area contributed by atoms with Crippen LogP contribution in [0.2, 0.25) is 0 Å². The molecule has 0 saturated carbocycles. The molecule has 0 aliphatic rings. The van der Waals surface area contributed by atoms with Crippen molar-refractivity contribution in [3.63, 3.8) is 0 Å². The second kappa shape index (κ2) is 6.42. The van der Waals surface area contributed by atoms with Crippen LogP contribution in [0.4, 0.5) is 5.69 Å². The average molecular weight is 239 g/mol. The lowest BCUT2D eigenvalue weighted by Gasteiger charge is -2.18. The van der Waals surface area contributed by atoms with Crippen molar-refractivity contribution in [3.05, 3.63) is 28.7 Å². The number of anilines is 1. The van der Waals surface area contributed by atoms with Crippen LogP contribution in [0.3, 0.4) is 0 Å². The van der Waals surface area contributed by atoms with Crippen LogP contribution >= 0.6 is 0 Å². The normalized spacial score (nSPS) is 12.9. The fourth-order valence-electron chi connectivity index (χ4n) is 1.78. The number of nitrogen functional groups attached to an aromatic ring is 1. The van der Waals surface area contributed by atoms with Gasteiger partial charge in [0.15, 0.2) is 0 Å². The van der Waals surface area contributed by atoms with Crippen LogP contribution in [0.5, 0.6) is 0 Å². The fraction of sp³-hybridized carbons (Fsp3) is 0.583. The molecule has 0 saturated heterocycles. The average Bonchev–Trinajstić information content (AvgIpc) is 2.22. The van der Waals surface area contributed by atoms with E-state index in [-0.39, 0.29) is 11.7 Å². The summed E-state index contributed by atoms with van der Waals surface area (Å²) in [6.07, 6.45) is 2.19. The third kappa shape index (κ3) is 5.01. The number of aromatic nitrogens is 1. The molecule has 1 atom stereocenters. The summed E-state index contributed by atoms with van der Waals surface area (Å²) in [7, 11) is 1.95. The molecule has 96 valence electrons. The molecule has 0 fully saturated rings. The molecular weight excluding hydrogens is 218 g/mol. The summed E-state index contributed by atoms with van der Waals surface area (Å²) in [5.74, 6) is 0. The zero-order valence-electron chi connectivity index (χ0n) is 10.5. The molecule has 0 bridgehead atoms. The minimum absolute atomic E-state index is 0.0302. The number of likely N-dealkylation sites (N-methyl/N-ethyl adjacent to an activating group) is 1. The molecule has 17 heavy (non-hydrogen) atoms. The fourth-order valence-corrected chi connectivity index (χ4v) is 1.78. The number of rotatable bonds is 6. The van der Waals surface area contributed by atoms with Crippen molar-refractivity contribution in [1.82, 2.24) is 9.47 Å². The van der Waals surface area contributed by atoms with E-state index in [2.05, 4.69) is 0 Å². The highest BCUT2D eigenvalue weighted by Gasteiger charge is 2.03. The Bertz CT molecular complexity index is 401. The van der Waals surface area contributed by atoms with E-state index in [1.165, 1.54) is 6.07 Å². The van der Waals surface area contributed by atoms with Crippen LogP contribution in [-0.4, -0.2) is 40.8 Å². The molecule has 0 amide bonds. The van der Waals surface area contributed by atoms with Gasteiger partial charge in [0.2, 0.25) is 0 Å². The molecule has 0 aliphatic carbocycles. The van der Waals surface area contributed by atoms with Crippen LogP contribution < -0.4 is 11.3 Å². The second-order valence-corrected chi connectivity index (χ2v) is 4.46. The van der Waals surface area contributed by atoms with Crippen LogP contribution in [-0.2, 0) is 6.54 Å². The first-order chi connectivity index (χ1) is 7.99. The Morgan fingerprint density at radius 1 is 1.53 bits per heavy atom. The Kier molecular flexibility index (Phi) is 5.18. The van der Waals surface area contributed by atoms with Crippen LogP contribution in [0.15, 0.2) is 23.1 Å². The van der Waals surface area contributed by atoms with Crippen molar-refractivity contribution in [2.24, 2.45) is 0 Å². The predicted molar refractivity (Wildman–Crippen MR) is 68.9 cm³/mol. The molecule has 1 rings (SSSR count). The minimum Gasteiger partial charge on any atom is -0.398 e. The Hall–Kier alpha value is -1.33. The van der Waals surface area contributed by atoms with Crippen molar-refractivity contribution in [3.8, 4) is 0 Å². The molecule has 0 radical (unpaired) electrons. The molecular formula is C12H21N3O2. The van der Waals surface area contributed by atoms with Gasteiger partial charge in [0.05, 0.1) is 6.10 Å². The van der Waals surface area contributed by atoms with Gasteiger partial charge >= 0.3 is 0 Å². The zero-order chi connectivity index (χ0) is 12.8. The molecule has 0 spiro atoms. The van der Waals surface area contributed by atoms with Gasteiger partial charge in [-0.1, -0.05) is 0 Å². The summed E-state index contributed by atoms with van der Waals surface area (Å²) in [5.41, 5.74) is 6.19. The van der Waals surface area contributed by atoms with Crippen molar-refractivity contribution in [2.75, 3.05) is 25.9 Å². The summed E-state index contributed by atoms with van der Waals surface area (Å²) in [5, 5.41) is 9.21. The number of nitrogens with zero attached hydrogens (tertiary/aromatic N) is 2. The number of aryl methyl sites for hydroxylation is 1. The highest BCUT2D eigenvalue weighted by atomic mass is 16.3. The first-order valence-electron chi connectivity index (χ1n) is 5.81. The first kappa shape index (κ1) is 13.7. The smallest absolute Gasteiger partial charge is 0.250 e. The first-order valence-corrected chi connectivity index (χ1v) is 5.81. The van der Waals surface area contributed by atoms with Gasteiger partial charge < -0.3 is 20.3 Å². The van der Waals surface area contributed by atoms with E-state index in [0.29, 0.717) is 18.8 Å². The lowest BCUT2D eigenvalue weighted by Crippen LogP contribution is -2.29. The number of aliphatic hydroxyl groups is 1. The van der Waals surface area contributed by atoms with Gasteiger partial charge in [0, 0.05) is 31.0 Å². The molecule has 1 aromatic heterocycles. The summed E-state index contributed by atoms with van der Waals surface area (Å²) >= 11 is 0. The van der Waals surface area contributed by atoms with Gasteiger partial charge in [-0.15, -0.1) is 0 Å². The highest BCUT2D eigenvalue weighted by Crippen LogP contribution is 1.98. The van der Waals surface area contributed by atoms with Gasteiger partial charge in [-0.25, -0.2) is 0 Å². The van der Waals surface area contributed by atoms with Gasteiger partial charge in [-0.2, -0.15) is 0 Å². The number of nitrogens with two attached hydrogens (primary N) is 1. The van der Waals surface area contributed by atoms with Crippen LogP contribution in [0, 0.1) is 0 Å². The molecule has 1 unspecified atom stereocenters. The maximum absolute atomic E-state index is 11.5. The van der Waals surface area contributed by atoms with Gasteiger partial charge in [-0.05, 0) is 33.0 Å². The van der Waals surface area contributed by atoms with Gasteiger partial charge in [0.25, 0.3) is 5.56 Å². The monoisotopic (exact) mass is 239 g/mol. The van der Waals surface area contributed by atoms with Crippen molar-refractivity contribution in [1.29, 1.82) is 0 Å². The van der Waals surface area contributed by atoms with Crippen LogP contribution in [0.25, 0.3) is 0 Å². The maximum atomic E-state index is 11.5. The maximum Gasteiger partial charge on any atom is 0.250 e. The summed E-state index contributed by atoms with van der Waals surface area (Å²) in [6.45, 7) is 3.89. The van der Waals surface area contributed by atoms with E-state index >= 15 is 0 Å². The van der Waals surface area contributed by atoms with E-state index in [4.69, 9.17) is 5.73 Å². The topological polar surface area (TPSA) is 71.5 Å². The van der Waals surface area contributed by atoms with E-state index in [0.717, 1.165) is 13.0 Å². The van der Waals surface area contributed by atoms with E-state index < -0.39 is 0 Å². The Morgan fingerprint density at radius 2 is 2.24 bits per heavy atom. The Balaban J connectivity index is 2.40. The van der Waals surface area contributed by atoms with Gasteiger partial charge in [-0.3, -0.25) is 4.79 Å². The largest absolute Gasteiger partial charge is 0.398 e. The van der Waals surface area contributed by atoms with E-state index in [1.807, 2.05) is 11.9 Å². The Morgan fingerprint density at radius 3 is 2.88 bits per heavy atom. The molecule has 0 aliphatic heterocycles. The minimum atomic E-state index is -0.324. The summed E-state index contributed by atoms with van der Waals surface area (Å²) < 4.78 is 1.62. The quantitative estimate of drug-likeness (QED) is 0.740. The second-order valence-electron chi connectivity index (χ2n) is 4.46. The van der Waals surface area contributed by atoms with Gasteiger partial charge in [0.1, 0.15) is 0 Å². The molecule has 3 N–H and O–H groups in total. The predicted octanol–water partition coefficient (Wildman–Crippen LogP) is 0.133. The lowest BCUT2D eigenvalue weighted by molar-refractivity contribution is 0.140. The van der Waals surface area contributed by atoms with Crippen molar-refractivity contribution >= 4 is 5.69 Å². The third-order valence-electron chi connectivity index (χ3n) is 2.52. The molecule has 1 heterocycles. The number of pyridine rings is 1. The lowest BCUT2D eigenvalue weighted by atomic mass is 10.3. The standard InChI is InChI=1S/C12H21N3O2/c1-10(16)8-14(2)6-3-7-15-9-11(13)4-5-12(15)17/h4-5,9-10,16H,3,6-8,13H2,1-2H3. The molecule has 5 heteroatoms. The number of aliphatic hydroxyl groups excluding tert-OH is 1. The third-order valence-corrected chi connectivity index (χ3v) is 2.52. The number of hydrogen-bond acceptors (Lipinski definition) is 4. The van der Waals surface area contributed by atoms with Crippen molar-refractivity contribution < 1.29 is 5.11 Å². The zero-order valence-corrected chi connectivity index (χ0v) is 10.5. The highest BCUT2D eigenvalue weighted by molar-refractivity contribution is 5.33. The van der Waals surface area contributed by atoms with Crippen molar-refractivity contribution in [2.45, 2.75) is 26.0 Å².